The minimum absolute atomic E-state index is 0. The van der Waals surface area contributed by atoms with Gasteiger partial charge in [0.25, 0.3) is 5.91 Å². The van der Waals surface area contributed by atoms with Crippen molar-refractivity contribution in [2.45, 2.75) is 50.6 Å². The van der Waals surface area contributed by atoms with Crippen LogP contribution in [0, 0.1) is 0 Å². The molecular formula is C17H23ClN4O2. The van der Waals surface area contributed by atoms with Gasteiger partial charge in [-0.1, -0.05) is 36.2 Å². The molecular weight excluding hydrogens is 328 g/mol. The van der Waals surface area contributed by atoms with E-state index in [0.717, 1.165) is 25.7 Å². The first-order chi connectivity index (χ1) is 11.1. The standard InChI is InChI=1S/C17H22N4O2.ClH/c1-12(19-15(22)13-7-3-2-4-8-13)11-14-20-16(21-23-14)17(18)9-5-6-10-17;/h2-4,7-8,12H,5-6,9-11,18H2,1H3,(H,19,22);1H. The number of nitrogens with zero attached hydrogens (tertiary/aromatic N) is 2. The van der Waals surface area contributed by atoms with Crippen molar-refractivity contribution in [3.8, 4) is 0 Å². The molecule has 1 saturated carbocycles. The predicted octanol–water partition coefficient (Wildman–Crippen LogP) is 2.58. The molecule has 1 aliphatic carbocycles. The minimum atomic E-state index is -0.446. The molecule has 2 aromatic rings. The smallest absolute Gasteiger partial charge is 0.251 e. The van der Waals surface area contributed by atoms with Gasteiger partial charge in [0, 0.05) is 18.0 Å². The second kappa shape index (κ2) is 7.77. The van der Waals surface area contributed by atoms with Gasteiger partial charge in [-0.3, -0.25) is 4.79 Å². The fourth-order valence-electron chi connectivity index (χ4n) is 2.98. The summed E-state index contributed by atoms with van der Waals surface area (Å²) in [6.45, 7) is 1.92. The monoisotopic (exact) mass is 350 g/mol. The van der Waals surface area contributed by atoms with Gasteiger partial charge >= 0.3 is 0 Å². The lowest BCUT2D eigenvalue weighted by Gasteiger charge is -2.17. The number of hydrogen-bond acceptors (Lipinski definition) is 5. The Morgan fingerprint density at radius 1 is 1.33 bits per heavy atom. The third kappa shape index (κ3) is 4.13. The minimum Gasteiger partial charge on any atom is -0.349 e. The van der Waals surface area contributed by atoms with Crippen LogP contribution in [0.2, 0.25) is 0 Å². The summed E-state index contributed by atoms with van der Waals surface area (Å²) in [6, 6.07) is 9.02. The molecule has 1 aromatic heterocycles. The molecule has 3 N–H and O–H groups in total. The third-order valence-electron chi connectivity index (χ3n) is 4.30. The van der Waals surface area contributed by atoms with Crippen molar-refractivity contribution in [3.05, 3.63) is 47.6 Å². The number of rotatable bonds is 5. The van der Waals surface area contributed by atoms with Gasteiger partial charge in [-0.25, -0.2) is 0 Å². The zero-order valence-electron chi connectivity index (χ0n) is 13.7. The van der Waals surface area contributed by atoms with Crippen LogP contribution in [0.4, 0.5) is 0 Å². The maximum atomic E-state index is 12.1. The van der Waals surface area contributed by atoms with Gasteiger partial charge in [-0.2, -0.15) is 4.98 Å². The molecule has 3 rings (SSSR count). The van der Waals surface area contributed by atoms with Crippen molar-refractivity contribution >= 4 is 18.3 Å². The van der Waals surface area contributed by atoms with Gasteiger partial charge in [0.05, 0.1) is 5.54 Å². The Labute approximate surface area is 147 Å². The summed E-state index contributed by atoms with van der Waals surface area (Å²) in [5.74, 6) is 0.994. The number of carbonyl (C=O) groups is 1. The zero-order valence-corrected chi connectivity index (χ0v) is 14.5. The van der Waals surface area contributed by atoms with Gasteiger partial charge < -0.3 is 15.6 Å². The average Bonchev–Trinajstić information content (AvgIpc) is 3.18. The van der Waals surface area contributed by atoms with Crippen LogP contribution >= 0.6 is 12.4 Å². The topological polar surface area (TPSA) is 94.0 Å². The largest absolute Gasteiger partial charge is 0.349 e. The molecule has 0 aliphatic heterocycles. The molecule has 1 fully saturated rings. The van der Waals surface area contributed by atoms with E-state index < -0.39 is 5.54 Å². The fraction of sp³-hybridized carbons (Fsp3) is 0.471. The van der Waals surface area contributed by atoms with Crippen LogP contribution in [0.15, 0.2) is 34.9 Å². The second-order valence-corrected chi connectivity index (χ2v) is 6.32. The summed E-state index contributed by atoms with van der Waals surface area (Å²) < 4.78 is 5.31. The fourth-order valence-corrected chi connectivity index (χ4v) is 2.98. The van der Waals surface area contributed by atoms with Crippen LogP contribution in [-0.4, -0.2) is 22.1 Å². The summed E-state index contributed by atoms with van der Waals surface area (Å²) in [7, 11) is 0. The van der Waals surface area contributed by atoms with Crippen LogP contribution in [0.5, 0.6) is 0 Å². The Hall–Kier alpha value is -1.92. The van der Waals surface area contributed by atoms with Crippen LogP contribution in [0.25, 0.3) is 0 Å². The molecule has 24 heavy (non-hydrogen) atoms. The summed E-state index contributed by atoms with van der Waals surface area (Å²) in [5.41, 5.74) is 6.52. The van der Waals surface area contributed by atoms with E-state index in [2.05, 4.69) is 15.5 Å². The van der Waals surface area contributed by atoms with Crippen LogP contribution < -0.4 is 11.1 Å². The van der Waals surface area contributed by atoms with E-state index in [9.17, 15) is 4.79 Å². The molecule has 0 radical (unpaired) electrons. The van der Waals surface area contributed by atoms with Crippen molar-refractivity contribution < 1.29 is 9.32 Å². The predicted molar refractivity (Wildman–Crippen MR) is 93.0 cm³/mol. The number of halogens is 1. The maximum absolute atomic E-state index is 12.1. The van der Waals surface area contributed by atoms with Crippen molar-refractivity contribution in [1.82, 2.24) is 15.5 Å². The number of nitrogens with one attached hydrogen (secondary N) is 1. The Bertz CT molecular complexity index is 668. The van der Waals surface area contributed by atoms with Crippen molar-refractivity contribution in [1.29, 1.82) is 0 Å². The number of aromatic nitrogens is 2. The normalized spacial score (nSPS) is 17.1. The van der Waals surface area contributed by atoms with E-state index in [0.29, 0.717) is 23.7 Å². The number of benzene rings is 1. The highest BCUT2D eigenvalue weighted by atomic mass is 35.5. The van der Waals surface area contributed by atoms with Gasteiger partial charge in [-0.05, 0) is 31.9 Å². The molecule has 1 heterocycles. The first-order valence-corrected chi connectivity index (χ1v) is 8.05. The molecule has 1 aromatic carbocycles. The lowest BCUT2D eigenvalue weighted by Crippen LogP contribution is -2.35. The van der Waals surface area contributed by atoms with Crippen molar-refractivity contribution in [2.24, 2.45) is 5.73 Å². The highest BCUT2D eigenvalue weighted by molar-refractivity contribution is 5.94. The number of nitrogens with two attached hydrogens (primary N) is 1. The highest BCUT2D eigenvalue weighted by Crippen LogP contribution is 2.34. The van der Waals surface area contributed by atoms with E-state index in [-0.39, 0.29) is 24.4 Å². The van der Waals surface area contributed by atoms with Crippen molar-refractivity contribution in [3.63, 3.8) is 0 Å². The van der Waals surface area contributed by atoms with E-state index in [1.54, 1.807) is 12.1 Å². The van der Waals surface area contributed by atoms with E-state index in [1.807, 2.05) is 25.1 Å². The molecule has 1 unspecified atom stereocenters. The van der Waals surface area contributed by atoms with Crippen LogP contribution in [0.1, 0.15) is 54.7 Å². The van der Waals surface area contributed by atoms with E-state index >= 15 is 0 Å². The summed E-state index contributed by atoms with van der Waals surface area (Å²) in [6.07, 6.45) is 4.48. The van der Waals surface area contributed by atoms with Gasteiger partial charge in [-0.15, -0.1) is 12.4 Å². The van der Waals surface area contributed by atoms with Crippen molar-refractivity contribution in [2.75, 3.05) is 0 Å². The average molecular weight is 351 g/mol. The number of hydrogen-bond donors (Lipinski definition) is 2. The highest BCUT2D eigenvalue weighted by Gasteiger charge is 2.36. The molecule has 0 spiro atoms. The molecule has 7 heteroatoms. The van der Waals surface area contributed by atoms with Crippen LogP contribution in [-0.2, 0) is 12.0 Å². The number of amides is 1. The zero-order chi connectivity index (χ0) is 16.3. The quantitative estimate of drug-likeness (QED) is 0.864. The first-order valence-electron chi connectivity index (χ1n) is 8.05. The third-order valence-corrected chi connectivity index (χ3v) is 4.30. The Morgan fingerprint density at radius 3 is 2.67 bits per heavy atom. The molecule has 1 aliphatic rings. The molecule has 0 bridgehead atoms. The summed E-state index contributed by atoms with van der Waals surface area (Å²) in [4.78, 5) is 16.5. The van der Waals surface area contributed by atoms with Gasteiger partial charge in [0.2, 0.25) is 5.89 Å². The van der Waals surface area contributed by atoms with Gasteiger partial charge in [0.1, 0.15) is 0 Å². The molecule has 1 atom stereocenters. The number of carbonyl (C=O) groups excluding carboxylic acids is 1. The Balaban J connectivity index is 0.00000208. The van der Waals surface area contributed by atoms with Gasteiger partial charge in [0.15, 0.2) is 5.82 Å². The van der Waals surface area contributed by atoms with E-state index in [4.69, 9.17) is 10.3 Å². The molecule has 6 nitrogen and oxygen atoms in total. The lowest BCUT2D eigenvalue weighted by atomic mass is 9.99. The lowest BCUT2D eigenvalue weighted by molar-refractivity contribution is 0.0938. The molecule has 0 saturated heterocycles. The van der Waals surface area contributed by atoms with Crippen LogP contribution in [0.3, 0.4) is 0 Å². The SMILES string of the molecule is CC(Cc1nc(C2(N)CCCC2)no1)NC(=O)c1ccccc1.Cl. The Kier molecular flexibility index (Phi) is 5.96. The Morgan fingerprint density at radius 2 is 2.00 bits per heavy atom. The van der Waals surface area contributed by atoms with E-state index in [1.165, 1.54) is 0 Å². The second-order valence-electron chi connectivity index (χ2n) is 6.32. The first kappa shape index (κ1) is 18.4. The molecule has 130 valence electrons. The summed E-state index contributed by atoms with van der Waals surface area (Å²) >= 11 is 0. The summed E-state index contributed by atoms with van der Waals surface area (Å²) in [5, 5.41) is 6.97. The molecule has 1 amide bonds. The maximum Gasteiger partial charge on any atom is 0.251 e.